The minimum Gasteiger partial charge on any atom is -0.490 e. The molecule has 0 bridgehead atoms. The van der Waals surface area contributed by atoms with Crippen molar-refractivity contribution in [1.29, 1.82) is 0 Å². The van der Waals surface area contributed by atoms with Crippen molar-refractivity contribution in [2.45, 2.75) is 25.5 Å². The molecule has 0 aromatic heterocycles. The van der Waals surface area contributed by atoms with Crippen molar-refractivity contribution in [2.24, 2.45) is 5.73 Å². The van der Waals surface area contributed by atoms with E-state index in [2.05, 4.69) is 0 Å². The number of rotatable bonds is 4. The second-order valence-corrected chi connectivity index (χ2v) is 4.59. The molecule has 92 valence electrons. The molecule has 0 aliphatic heterocycles. The van der Waals surface area contributed by atoms with Gasteiger partial charge in [0.1, 0.15) is 5.75 Å². The van der Waals surface area contributed by atoms with Gasteiger partial charge in [-0.25, -0.2) is 0 Å². The molecule has 1 saturated carbocycles. The van der Waals surface area contributed by atoms with Crippen molar-refractivity contribution in [3.8, 4) is 5.75 Å². The van der Waals surface area contributed by atoms with Gasteiger partial charge in [0, 0.05) is 26.2 Å². The molecule has 4 heteroatoms. The Labute approximate surface area is 101 Å². The number of nitrogens with zero attached hydrogens (tertiary/aromatic N) is 1. The molecule has 0 radical (unpaired) electrons. The number of carbonyl (C=O) groups excluding carboxylic acids is 1. The van der Waals surface area contributed by atoms with Crippen LogP contribution in [0, 0.1) is 0 Å². The smallest absolute Gasteiger partial charge is 0.253 e. The molecule has 17 heavy (non-hydrogen) atoms. The van der Waals surface area contributed by atoms with Crippen LogP contribution in [0.5, 0.6) is 5.75 Å². The van der Waals surface area contributed by atoms with Crippen molar-refractivity contribution in [3.05, 3.63) is 29.3 Å². The lowest BCUT2D eigenvalue weighted by Crippen LogP contribution is -2.22. The van der Waals surface area contributed by atoms with Crippen LogP contribution in [0.2, 0.25) is 0 Å². The van der Waals surface area contributed by atoms with Gasteiger partial charge in [-0.2, -0.15) is 0 Å². The van der Waals surface area contributed by atoms with Crippen molar-refractivity contribution in [1.82, 2.24) is 4.90 Å². The molecule has 0 saturated heterocycles. The molecule has 1 aliphatic carbocycles. The van der Waals surface area contributed by atoms with Crippen LogP contribution < -0.4 is 10.5 Å². The van der Waals surface area contributed by atoms with Crippen LogP contribution in [0.15, 0.2) is 18.2 Å². The average Bonchev–Trinajstić information content (AvgIpc) is 3.11. The lowest BCUT2D eigenvalue weighted by molar-refractivity contribution is 0.0827. The Morgan fingerprint density at radius 2 is 2.12 bits per heavy atom. The van der Waals surface area contributed by atoms with Crippen molar-refractivity contribution in [3.63, 3.8) is 0 Å². The van der Waals surface area contributed by atoms with E-state index >= 15 is 0 Å². The fraction of sp³-hybridized carbons (Fsp3) is 0.462. The van der Waals surface area contributed by atoms with E-state index in [-0.39, 0.29) is 5.91 Å². The molecule has 1 aliphatic rings. The quantitative estimate of drug-likeness (QED) is 0.856. The van der Waals surface area contributed by atoms with Crippen molar-refractivity contribution >= 4 is 5.91 Å². The van der Waals surface area contributed by atoms with Gasteiger partial charge < -0.3 is 15.4 Å². The molecular formula is C13H18N2O2. The second kappa shape index (κ2) is 4.75. The zero-order valence-corrected chi connectivity index (χ0v) is 10.3. The first-order valence-corrected chi connectivity index (χ1v) is 5.82. The van der Waals surface area contributed by atoms with Gasteiger partial charge in [0.25, 0.3) is 5.91 Å². The first kappa shape index (κ1) is 11.9. The summed E-state index contributed by atoms with van der Waals surface area (Å²) in [5, 5.41) is 0. The Hall–Kier alpha value is -1.55. The minimum atomic E-state index is -0.0269. The first-order valence-electron chi connectivity index (χ1n) is 5.82. The third kappa shape index (κ3) is 2.97. The van der Waals surface area contributed by atoms with Gasteiger partial charge in [0.2, 0.25) is 0 Å². The summed E-state index contributed by atoms with van der Waals surface area (Å²) >= 11 is 0. The lowest BCUT2D eigenvalue weighted by Gasteiger charge is -2.13. The van der Waals surface area contributed by atoms with E-state index in [0.717, 1.165) is 24.2 Å². The highest BCUT2D eigenvalue weighted by atomic mass is 16.5. The Kier molecular flexibility index (Phi) is 3.33. The highest BCUT2D eigenvalue weighted by Gasteiger charge is 2.24. The summed E-state index contributed by atoms with van der Waals surface area (Å²) in [6.45, 7) is 0.412. The van der Waals surface area contributed by atoms with E-state index in [0.29, 0.717) is 18.2 Å². The van der Waals surface area contributed by atoms with Gasteiger partial charge >= 0.3 is 0 Å². The number of hydrogen-bond donors (Lipinski definition) is 1. The van der Waals surface area contributed by atoms with Crippen LogP contribution in [0.3, 0.4) is 0 Å². The summed E-state index contributed by atoms with van der Waals surface area (Å²) in [4.78, 5) is 13.4. The number of ether oxygens (including phenoxy) is 1. The molecule has 0 spiro atoms. The molecule has 2 rings (SSSR count). The predicted molar refractivity (Wildman–Crippen MR) is 66.0 cm³/mol. The van der Waals surface area contributed by atoms with E-state index < -0.39 is 0 Å². The molecule has 4 nitrogen and oxygen atoms in total. The van der Waals surface area contributed by atoms with Gasteiger partial charge in [0.15, 0.2) is 0 Å². The normalized spacial score (nSPS) is 14.5. The van der Waals surface area contributed by atoms with Crippen LogP contribution in [0.25, 0.3) is 0 Å². The maximum absolute atomic E-state index is 11.9. The van der Waals surface area contributed by atoms with Crippen LogP contribution in [0.1, 0.15) is 28.8 Å². The molecule has 1 aromatic rings. The zero-order valence-electron chi connectivity index (χ0n) is 10.3. The Balaban J connectivity index is 2.26. The Bertz CT molecular complexity index is 425. The molecule has 0 unspecified atom stereocenters. The number of carbonyl (C=O) groups is 1. The number of hydrogen-bond acceptors (Lipinski definition) is 3. The van der Waals surface area contributed by atoms with E-state index in [1.807, 2.05) is 12.1 Å². The Morgan fingerprint density at radius 1 is 1.41 bits per heavy atom. The summed E-state index contributed by atoms with van der Waals surface area (Å²) in [6, 6.07) is 5.52. The highest BCUT2D eigenvalue weighted by molar-refractivity contribution is 5.94. The summed E-state index contributed by atoms with van der Waals surface area (Å²) in [5.41, 5.74) is 7.19. The van der Waals surface area contributed by atoms with E-state index in [4.69, 9.17) is 10.5 Å². The number of benzene rings is 1. The number of amides is 1. The SMILES string of the molecule is CN(C)C(=O)c1cc(CN)cc(OC2CC2)c1. The summed E-state index contributed by atoms with van der Waals surface area (Å²) in [5.74, 6) is 0.724. The van der Waals surface area contributed by atoms with E-state index in [1.54, 1.807) is 25.1 Å². The fourth-order valence-electron chi connectivity index (χ4n) is 1.61. The predicted octanol–water partition coefficient (Wildman–Crippen LogP) is 1.39. The molecule has 1 fully saturated rings. The zero-order chi connectivity index (χ0) is 12.4. The summed E-state index contributed by atoms with van der Waals surface area (Å²) in [7, 11) is 3.47. The molecule has 2 N–H and O–H groups in total. The standard InChI is InChI=1S/C13H18N2O2/c1-15(2)13(16)10-5-9(8-14)6-12(7-10)17-11-3-4-11/h5-7,11H,3-4,8,14H2,1-2H3. The van der Waals surface area contributed by atoms with Crippen molar-refractivity contribution < 1.29 is 9.53 Å². The third-order valence-corrected chi connectivity index (χ3v) is 2.68. The largest absolute Gasteiger partial charge is 0.490 e. The molecule has 1 amide bonds. The van der Waals surface area contributed by atoms with Crippen LogP contribution in [-0.2, 0) is 6.54 Å². The first-order chi connectivity index (χ1) is 8.10. The number of nitrogens with two attached hydrogens (primary N) is 1. The molecule has 1 aromatic carbocycles. The van der Waals surface area contributed by atoms with Gasteiger partial charge in [0.05, 0.1) is 6.10 Å². The lowest BCUT2D eigenvalue weighted by atomic mass is 10.1. The van der Waals surface area contributed by atoms with Crippen molar-refractivity contribution in [2.75, 3.05) is 14.1 Å². The average molecular weight is 234 g/mol. The second-order valence-electron chi connectivity index (χ2n) is 4.59. The topological polar surface area (TPSA) is 55.6 Å². The van der Waals surface area contributed by atoms with E-state index in [1.165, 1.54) is 0 Å². The van der Waals surface area contributed by atoms with Crippen LogP contribution in [-0.4, -0.2) is 31.0 Å². The van der Waals surface area contributed by atoms with E-state index in [9.17, 15) is 4.79 Å². The molecular weight excluding hydrogens is 216 g/mol. The van der Waals surface area contributed by atoms with Gasteiger partial charge in [-0.05, 0) is 36.6 Å². The van der Waals surface area contributed by atoms with Gasteiger partial charge in [-0.1, -0.05) is 0 Å². The highest BCUT2D eigenvalue weighted by Crippen LogP contribution is 2.28. The maximum atomic E-state index is 11.9. The van der Waals surface area contributed by atoms with Crippen LogP contribution >= 0.6 is 0 Å². The summed E-state index contributed by atoms with van der Waals surface area (Å²) < 4.78 is 5.71. The van der Waals surface area contributed by atoms with Crippen LogP contribution in [0.4, 0.5) is 0 Å². The monoisotopic (exact) mass is 234 g/mol. The van der Waals surface area contributed by atoms with Gasteiger partial charge in [-0.3, -0.25) is 4.79 Å². The minimum absolute atomic E-state index is 0.0269. The maximum Gasteiger partial charge on any atom is 0.253 e. The summed E-state index contributed by atoms with van der Waals surface area (Å²) in [6.07, 6.45) is 2.53. The van der Waals surface area contributed by atoms with Gasteiger partial charge in [-0.15, -0.1) is 0 Å². The fourth-order valence-corrected chi connectivity index (χ4v) is 1.61. The third-order valence-electron chi connectivity index (χ3n) is 2.68. The molecule has 0 atom stereocenters. The Morgan fingerprint density at radius 3 is 2.65 bits per heavy atom. The molecule has 0 heterocycles.